The van der Waals surface area contributed by atoms with Crippen LogP contribution in [0.3, 0.4) is 0 Å². The fourth-order valence-electron chi connectivity index (χ4n) is 0.719. The first-order chi connectivity index (χ1) is 23.0. The first-order valence-corrected chi connectivity index (χ1v) is 4.87. The highest BCUT2D eigenvalue weighted by atomic mass is 16.2. The number of amides is 1. The molecule has 0 unspecified atom stereocenters. The first-order valence-electron chi connectivity index (χ1n) is 22.4. The van der Waals surface area contributed by atoms with Gasteiger partial charge < -0.3 is 4.90 Å². The molecule has 0 aromatic carbocycles. The summed E-state index contributed by atoms with van der Waals surface area (Å²) in [7, 11) is 0. The number of likely N-dealkylation sites (tertiary alicyclic amines) is 1. The van der Waals surface area contributed by atoms with Gasteiger partial charge >= 0.3 is 0 Å². The van der Waals surface area contributed by atoms with Gasteiger partial charge in [0.25, 0.3) is 0 Å². The topological polar surface area (TPSA) is 20.3 Å². The summed E-state index contributed by atoms with van der Waals surface area (Å²) in [5.74, 6) is -2.95. The van der Waals surface area contributed by atoms with E-state index in [2.05, 4.69) is 0 Å². The smallest absolute Gasteiger partial charge is 0.222 e. The Kier molecular flexibility index (Phi) is 1.37. The summed E-state index contributed by atoms with van der Waals surface area (Å²) < 4.78 is 280. The van der Waals surface area contributed by atoms with Crippen LogP contribution < -0.4 is 0 Å². The maximum atomic E-state index is 13.4. The summed E-state index contributed by atoms with van der Waals surface area (Å²) >= 11 is 0. The van der Waals surface area contributed by atoms with Gasteiger partial charge in [0.2, 0.25) is 5.91 Å². The van der Waals surface area contributed by atoms with E-state index in [1.54, 1.807) is 0 Å². The third kappa shape index (κ3) is 8.60. The Balaban J connectivity index is 4.22. The van der Waals surface area contributed by atoms with E-state index in [0.29, 0.717) is 0 Å². The lowest BCUT2D eigenvalue weighted by molar-refractivity contribution is -0.130. The van der Waals surface area contributed by atoms with Gasteiger partial charge in [-0.25, -0.2) is 0 Å². The summed E-state index contributed by atoms with van der Waals surface area (Å²) in [6.07, 6.45) is -68.4. The molecule has 0 atom stereocenters. The predicted molar refractivity (Wildman–Crippen MR) is 86.9 cm³/mol. The van der Waals surface area contributed by atoms with Gasteiger partial charge in [-0.15, -0.1) is 0 Å². The Morgan fingerprint density at radius 3 is 2.35 bits per heavy atom. The quantitative estimate of drug-likeness (QED) is 0.506. The molecule has 2 nitrogen and oxygen atoms in total. The Labute approximate surface area is 175 Å². The Morgan fingerprint density at radius 2 is 1.65 bits per heavy atom. The number of carbonyl (C=O) groups excluding carboxylic acids is 1. The molecule has 0 N–H and O–H groups in total. The largest absolute Gasteiger partial charge is 0.343 e. The van der Waals surface area contributed by atoms with Crippen LogP contribution in [0.4, 0.5) is 0 Å². The molecule has 1 amide bonds. The Hall–Kier alpha value is -0.530. The van der Waals surface area contributed by atoms with Crippen LogP contribution in [0.2, 0.25) is 0 Å². The van der Waals surface area contributed by atoms with Gasteiger partial charge in [-0.05, 0) is 19.1 Å². The van der Waals surface area contributed by atoms with E-state index in [1.807, 2.05) is 0 Å². The van der Waals surface area contributed by atoms with E-state index in [-0.39, 0.29) is 0 Å². The van der Waals surface area contributed by atoms with Crippen molar-refractivity contribution in [3.8, 4) is 0 Å². The standard InChI is InChI=1S/C18H35NO/c1-2-3-4-5-6-7-8-9-10-13-16-19-17-14-11-12-15-18(19)20/h2-17H2,1H3/i1D3,2D2,3D2,4D2,5D2,6D2,7D2,8D2,9D2,10D2,11D2,12D2,13D2,14D2,15D2,16D2,17D2. The molecule has 0 bridgehead atoms. The van der Waals surface area contributed by atoms with Crippen LogP contribution in [-0.4, -0.2) is 23.8 Å². The van der Waals surface area contributed by atoms with Crippen molar-refractivity contribution >= 4 is 5.91 Å². The molecular weight excluding hydrogens is 246 g/mol. The van der Waals surface area contributed by atoms with Crippen LogP contribution in [-0.2, 0) is 4.79 Å². The van der Waals surface area contributed by atoms with Crippen LogP contribution >= 0.6 is 0 Å². The van der Waals surface area contributed by atoms with Crippen molar-refractivity contribution < 1.29 is 52.8 Å². The second kappa shape index (κ2) is 12.2. The molecule has 0 aromatic heterocycles. The second-order valence-corrected chi connectivity index (χ2v) is 2.61. The minimum atomic E-state index is -5.24. The van der Waals surface area contributed by atoms with Crippen molar-refractivity contribution in [3.63, 3.8) is 0 Å². The molecule has 1 aliphatic heterocycles. The molecule has 20 heavy (non-hydrogen) atoms. The lowest BCUT2D eigenvalue weighted by atomic mass is 10.1. The molecule has 1 fully saturated rings. The molecule has 0 radical (unpaired) electrons. The van der Waals surface area contributed by atoms with Gasteiger partial charge in [-0.2, -0.15) is 0 Å². The maximum Gasteiger partial charge on any atom is 0.222 e. The molecule has 1 rings (SSSR count). The minimum absolute atomic E-state index is 1.46. The predicted octanol–water partition coefficient (Wildman–Crippen LogP) is 5.31. The summed E-state index contributed by atoms with van der Waals surface area (Å²) in [5, 5.41) is 0. The molecular formula is C18H35NO. The average Bonchev–Trinajstić information content (AvgIpc) is 2.95. The second-order valence-electron chi connectivity index (χ2n) is 2.61. The molecule has 1 saturated heterocycles. The Bertz CT molecular complexity index is 1490. The van der Waals surface area contributed by atoms with E-state index >= 15 is 0 Å². The van der Waals surface area contributed by atoms with Gasteiger partial charge in [0.15, 0.2) is 0 Å². The van der Waals surface area contributed by atoms with Crippen molar-refractivity contribution in [2.75, 3.05) is 13.0 Å². The summed E-state index contributed by atoms with van der Waals surface area (Å²) in [4.78, 5) is 11.9. The Morgan fingerprint density at radius 1 is 1.00 bits per heavy atom. The highest BCUT2D eigenvalue weighted by molar-refractivity contribution is 5.76. The normalized spacial score (nSPS) is 63.5. The van der Waals surface area contributed by atoms with Crippen molar-refractivity contribution in [3.05, 3.63) is 0 Å². The van der Waals surface area contributed by atoms with Crippen molar-refractivity contribution in [1.82, 2.24) is 4.90 Å². The van der Waals surface area contributed by atoms with E-state index in [9.17, 15) is 4.79 Å². The van der Waals surface area contributed by atoms with Gasteiger partial charge in [0, 0.05) is 67.3 Å². The van der Waals surface area contributed by atoms with E-state index in [4.69, 9.17) is 48.0 Å². The zero-order valence-corrected chi connectivity index (χ0v) is 9.86. The molecule has 0 aliphatic carbocycles. The molecule has 1 aliphatic rings. The molecule has 118 valence electrons. The van der Waals surface area contributed by atoms with Crippen molar-refractivity contribution in [1.29, 1.82) is 0 Å². The van der Waals surface area contributed by atoms with E-state index in [1.165, 1.54) is 0 Å². The molecule has 0 saturated carbocycles. The third-order valence-electron chi connectivity index (χ3n) is 1.40. The molecule has 0 spiro atoms. The fraction of sp³-hybridized carbons (Fsp3) is 0.944. The number of rotatable bonds is 11. The minimum Gasteiger partial charge on any atom is -0.343 e. The van der Waals surface area contributed by atoms with Crippen molar-refractivity contribution in [2.24, 2.45) is 0 Å². The number of hydrogen-bond acceptors (Lipinski definition) is 1. The lowest BCUT2D eigenvalue weighted by Crippen LogP contribution is -2.31. The fourth-order valence-corrected chi connectivity index (χ4v) is 0.719. The van der Waals surface area contributed by atoms with Crippen LogP contribution in [0.15, 0.2) is 0 Å². The van der Waals surface area contributed by atoms with Crippen LogP contribution in [0.1, 0.15) is 144 Å². The summed E-state index contributed by atoms with van der Waals surface area (Å²) in [6.45, 7) is -14.1. The summed E-state index contributed by atoms with van der Waals surface area (Å²) in [5.41, 5.74) is 0. The van der Waals surface area contributed by atoms with Gasteiger partial charge in [0.05, 0.1) is 0 Å². The zero-order valence-electron chi connectivity index (χ0n) is 44.9. The lowest BCUT2D eigenvalue weighted by Gasteiger charge is -2.20. The molecule has 0 aromatic rings. The molecule has 1 heterocycles. The first kappa shape index (κ1) is 2.24. The highest BCUT2D eigenvalue weighted by Gasteiger charge is 2.15. The van der Waals surface area contributed by atoms with E-state index in [0.717, 1.165) is 0 Å². The van der Waals surface area contributed by atoms with Gasteiger partial charge in [-0.1, -0.05) is 70.6 Å². The highest BCUT2D eigenvalue weighted by Crippen LogP contribution is 2.14. The SMILES string of the molecule is [2H]C([2H])([2H])C([2H])([2H])C([2H])([2H])C([2H])([2H])C([2H])([2H])C([2H])([2H])C([2H])([2H])C([2H])([2H])C([2H])([2H])C([2H])([2H])C([2H])([2H])C([2H])([2H])N1C(=O)C([2H])([2H])C([2H])([2H])C([2H])([2H])C([2H])([2H])C1([2H])[2H]. The monoisotopic (exact) mass is 316 g/mol. The third-order valence-corrected chi connectivity index (χ3v) is 1.40. The van der Waals surface area contributed by atoms with Crippen LogP contribution in [0, 0.1) is 0 Å². The number of hydrogen-bond donors (Lipinski definition) is 0. The van der Waals surface area contributed by atoms with E-state index < -0.39 is 120 Å². The maximum absolute atomic E-state index is 13.4. The summed E-state index contributed by atoms with van der Waals surface area (Å²) in [6, 6.07) is 0. The van der Waals surface area contributed by atoms with Gasteiger partial charge in [-0.3, -0.25) is 4.79 Å². The average molecular weight is 317 g/mol. The van der Waals surface area contributed by atoms with Gasteiger partial charge in [0.1, 0.15) is 0 Å². The zero-order chi connectivity index (χ0) is 45.7. The van der Waals surface area contributed by atoms with Crippen molar-refractivity contribution in [2.45, 2.75) is 96.1 Å². The van der Waals surface area contributed by atoms with Crippen LogP contribution in [0.5, 0.6) is 0 Å². The van der Waals surface area contributed by atoms with Crippen LogP contribution in [0.25, 0.3) is 0 Å². The number of carbonyl (C=O) groups is 1. The number of nitrogens with zero attached hydrogens (tertiary/aromatic N) is 1. The molecule has 2 heteroatoms.